The minimum absolute atomic E-state index is 0.0249. The van der Waals surface area contributed by atoms with Crippen molar-refractivity contribution in [2.75, 3.05) is 13.7 Å². The largest absolute Gasteiger partial charge is 0.497 e. The lowest BCUT2D eigenvalue weighted by atomic mass is 9.85. The highest BCUT2D eigenvalue weighted by Crippen LogP contribution is 2.48. The highest BCUT2D eigenvalue weighted by Gasteiger charge is 2.47. The molecule has 0 heterocycles. The Hall–Kier alpha value is -1.26. The van der Waals surface area contributed by atoms with Crippen LogP contribution >= 0.6 is 11.6 Å². The van der Waals surface area contributed by atoms with E-state index in [9.17, 15) is 9.90 Å². The number of hydrogen-bond acceptors (Lipinski definition) is 3. The summed E-state index contributed by atoms with van der Waals surface area (Å²) in [5, 5.41) is 13.2. The summed E-state index contributed by atoms with van der Waals surface area (Å²) in [5.74, 6) is 1.97. The summed E-state index contributed by atoms with van der Waals surface area (Å²) in [6.45, 7) is 0.162. The van der Waals surface area contributed by atoms with Gasteiger partial charge in [-0.1, -0.05) is 17.7 Å². The number of nitrogens with one attached hydrogen (secondary N) is 1. The monoisotopic (exact) mass is 323 g/mol. The highest BCUT2D eigenvalue weighted by atomic mass is 35.5. The van der Waals surface area contributed by atoms with E-state index in [4.69, 9.17) is 16.3 Å². The smallest absolute Gasteiger partial charge is 0.224 e. The van der Waals surface area contributed by atoms with E-state index in [1.807, 2.05) is 12.1 Å². The molecule has 2 saturated carbocycles. The molecule has 0 aliphatic heterocycles. The summed E-state index contributed by atoms with van der Waals surface area (Å²) in [6, 6.07) is 5.47. The Morgan fingerprint density at radius 3 is 2.86 bits per heavy atom. The van der Waals surface area contributed by atoms with Crippen LogP contribution in [0, 0.1) is 17.8 Å². The van der Waals surface area contributed by atoms with Gasteiger partial charge in [-0.15, -0.1) is 0 Å². The van der Waals surface area contributed by atoms with Gasteiger partial charge in [0.2, 0.25) is 5.91 Å². The SMILES string of the molecule is COc1ccc(CC(=O)NC2C3CCC(C3)C2CO)c(Cl)c1. The molecule has 1 amide bonds. The van der Waals surface area contributed by atoms with Crippen molar-refractivity contribution in [1.82, 2.24) is 5.32 Å². The molecule has 0 spiro atoms. The standard InChI is InChI=1S/C17H22ClNO3/c1-22-13-5-4-11(15(18)8-13)7-16(21)19-17-12-3-2-10(6-12)14(17)9-20/h4-5,8,10,12,14,17,20H,2-3,6-7,9H2,1H3,(H,19,21). The van der Waals surface area contributed by atoms with Crippen molar-refractivity contribution in [3.05, 3.63) is 28.8 Å². The van der Waals surface area contributed by atoms with Crippen LogP contribution in [0.2, 0.25) is 5.02 Å². The number of rotatable bonds is 5. The van der Waals surface area contributed by atoms with Crippen LogP contribution in [-0.2, 0) is 11.2 Å². The number of hydrogen-bond donors (Lipinski definition) is 2. The normalized spacial score (nSPS) is 29.6. The minimum Gasteiger partial charge on any atom is -0.497 e. The summed E-state index contributed by atoms with van der Waals surface area (Å²) in [6.07, 6.45) is 3.75. The van der Waals surface area contributed by atoms with Gasteiger partial charge in [-0.3, -0.25) is 4.79 Å². The van der Waals surface area contributed by atoms with Crippen molar-refractivity contribution in [2.45, 2.75) is 31.7 Å². The minimum atomic E-state index is -0.0249. The van der Waals surface area contributed by atoms with Crippen molar-refractivity contribution in [2.24, 2.45) is 17.8 Å². The van der Waals surface area contributed by atoms with E-state index in [1.54, 1.807) is 13.2 Å². The first-order chi connectivity index (χ1) is 10.6. The van der Waals surface area contributed by atoms with Gasteiger partial charge >= 0.3 is 0 Å². The molecular weight excluding hydrogens is 302 g/mol. The quantitative estimate of drug-likeness (QED) is 0.875. The van der Waals surface area contributed by atoms with Gasteiger partial charge in [0, 0.05) is 23.6 Å². The van der Waals surface area contributed by atoms with Gasteiger partial charge in [-0.05, 0) is 48.8 Å². The summed E-state index contributed by atoms with van der Waals surface area (Å²) in [4.78, 5) is 12.3. The average Bonchev–Trinajstić information content (AvgIpc) is 3.10. The second-order valence-corrected chi connectivity index (χ2v) is 6.81. The number of methoxy groups -OCH3 is 1. The molecule has 1 aromatic rings. The lowest BCUT2D eigenvalue weighted by Crippen LogP contribution is -2.45. The second-order valence-electron chi connectivity index (χ2n) is 6.41. The second kappa shape index (κ2) is 6.47. The molecule has 120 valence electrons. The Labute approximate surface area is 135 Å². The summed E-state index contributed by atoms with van der Waals surface area (Å²) >= 11 is 6.19. The number of halogens is 1. The molecule has 5 heteroatoms. The molecule has 22 heavy (non-hydrogen) atoms. The summed E-state index contributed by atoms with van der Waals surface area (Å²) in [7, 11) is 1.59. The predicted molar refractivity (Wildman–Crippen MR) is 85.0 cm³/mol. The number of carbonyl (C=O) groups is 1. The Morgan fingerprint density at radius 2 is 2.18 bits per heavy atom. The molecule has 2 bridgehead atoms. The van der Waals surface area contributed by atoms with Gasteiger partial charge in [0.25, 0.3) is 0 Å². The molecule has 2 N–H and O–H groups in total. The van der Waals surface area contributed by atoms with Crippen LogP contribution in [0.1, 0.15) is 24.8 Å². The lowest BCUT2D eigenvalue weighted by molar-refractivity contribution is -0.122. The van der Waals surface area contributed by atoms with Gasteiger partial charge in [-0.25, -0.2) is 0 Å². The van der Waals surface area contributed by atoms with Gasteiger partial charge in [0.1, 0.15) is 5.75 Å². The van der Waals surface area contributed by atoms with Gasteiger partial charge in [-0.2, -0.15) is 0 Å². The number of aliphatic hydroxyl groups is 1. The van der Waals surface area contributed by atoms with Gasteiger partial charge < -0.3 is 15.2 Å². The first-order valence-electron chi connectivity index (χ1n) is 7.85. The van der Waals surface area contributed by atoms with Gasteiger partial charge in [0.05, 0.1) is 13.5 Å². The zero-order valence-electron chi connectivity index (χ0n) is 12.7. The number of aliphatic hydroxyl groups excluding tert-OH is 1. The predicted octanol–water partition coefficient (Wildman–Crippen LogP) is 2.41. The molecule has 2 fully saturated rings. The van der Waals surface area contributed by atoms with Crippen LogP contribution < -0.4 is 10.1 Å². The van der Waals surface area contributed by atoms with E-state index in [2.05, 4.69) is 5.32 Å². The first kappa shape index (κ1) is 15.6. The van der Waals surface area contributed by atoms with E-state index < -0.39 is 0 Å². The molecule has 1 aromatic carbocycles. The van der Waals surface area contributed by atoms with Crippen molar-refractivity contribution in [3.8, 4) is 5.75 Å². The van der Waals surface area contributed by atoms with Crippen molar-refractivity contribution < 1.29 is 14.6 Å². The number of carbonyl (C=O) groups excluding carboxylic acids is 1. The maximum absolute atomic E-state index is 12.3. The molecule has 3 rings (SSSR count). The summed E-state index contributed by atoms with van der Waals surface area (Å²) in [5.41, 5.74) is 0.795. The first-order valence-corrected chi connectivity index (χ1v) is 8.22. The topological polar surface area (TPSA) is 58.6 Å². The average molecular weight is 324 g/mol. The fourth-order valence-electron chi connectivity index (χ4n) is 4.11. The third kappa shape index (κ3) is 2.95. The van der Waals surface area contributed by atoms with Crippen molar-refractivity contribution in [3.63, 3.8) is 0 Å². The zero-order chi connectivity index (χ0) is 15.7. The lowest BCUT2D eigenvalue weighted by Gasteiger charge is -2.30. The van der Waals surface area contributed by atoms with E-state index in [0.717, 1.165) is 18.4 Å². The van der Waals surface area contributed by atoms with Crippen LogP contribution in [-0.4, -0.2) is 30.8 Å². The molecule has 4 nitrogen and oxygen atoms in total. The van der Waals surface area contributed by atoms with Crippen LogP contribution in [0.3, 0.4) is 0 Å². The maximum Gasteiger partial charge on any atom is 0.224 e. The fourth-order valence-corrected chi connectivity index (χ4v) is 4.34. The molecule has 0 saturated heterocycles. The number of fused-ring (bicyclic) bond motifs is 2. The van der Waals surface area contributed by atoms with E-state index in [-0.39, 0.29) is 30.9 Å². The van der Waals surface area contributed by atoms with Crippen molar-refractivity contribution >= 4 is 17.5 Å². The highest BCUT2D eigenvalue weighted by molar-refractivity contribution is 6.31. The Kier molecular flexibility index (Phi) is 4.59. The van der Waals surface area contributed by atoms with Crippen LogP contribution in [0.25, 0.3) is 0 Å². The van der Waals surface area contributed by atoms with Crippen molar-refractivity contribution in [1.29, 1.82) is 0 Å². The third-order valence-corrected chi connectivity index (χ3v) is 5.59. The summed E-state index contributed by atoms with van der Waals surface area (Å²) < 4.78 is 5.11. The molecule has 2 aliphatic rings. The molecule has 4 unspecified atom stereocenters. The molecule has 0 aromatic heterocycles. The van der Waals surface area contributed by atoms with E-state index >= 15 is 0 Å². The van der Waals surface area contributed by atoms with Crippen LogP contribution in [0.5, 0.6) is 5.75 Å². The fraction of sp³-hybridized carbons (Fsp3) is 0.588. The molecule has 0 radical (unpaired) electrons. The number of benzene rings is 1. The third-order valence-electron chi connectivity index (χ3n) is 5.24. The maximum atomic E-state index is 12.3. The Balaban J connectivity index is 1.63. The Morgan fingerprint density at radius 1 is 1.41 bits per heavy atom. The number of ether oxygens (including phenoxy) is 1. The number of amides is 1. The van der Waals surface area contributed by atoms with E-state index in [0.29, 0.717) is 22.6 Å². The molecule has 4 atom stereocenters. The molecule has 2 aliphatic carbocycles. The Bertz CT molecular complexity index is 563. The molecular formula is C17H22ClNO3. The van der Waals surface area contributed by atoms with Gasteiger partial charge in [0.15, 0.2) is 0 Å². The zero-order valence-corrected chi connectivity index (χ0v) is 13.5. The van der Waals surface area contributed by atoms with E-state index in [1.165, 1.54) is 6.42 Å². The van der Waals surface area contributed by atoms with Crippen LogP contribution in [0.15, 0.2) is 18.2 Å². The van der Waals surface area contributed by atoms with Crippen LogP contribution in [0.4, 0.5) is 0 Å².